The number of hydrogen-bond donors (Lipinski definition) is 0. The zero-order valence-electron chi connectivity index (χ0n) is 6.47. The topological polar surface area (TPSA) is 72.0 Å². The molecule has 0 atom stereocenters. The fourth-order valence-corrected chi connectivity index (χ4v) is 1.26. The van der Waals surface area contributed by atoms with Crippen LogP contribution in [0, 0.1) is 0 Å². The Bertz CT molecular complexity index is 379. The molecule has 1 aliphatic heterocycles. The van der Waals surface area contributed by atoms with Crippen molar-refractivity contribution in [2.45, 2.75) is 0 Å². The number of carbonyl (C=O) groups excluding carboxylic acids is 2. The molecule has 0 fully saturated rings. The van der Waals surface area contributed by atoms with E-state index in [1.54, 1.807) is 12.1 Å². The van der Waals surface area contributed by atoms with Crippen LogP contribution >= 0.6 is 0 Å². The Hall–Kier alpha value is -2.04. The standard InChI is InChI=1S/C8H4N3O2/c9-10-11-7(12)5-3-1-2-4-6(5)8(11)13/h1-4H/q-1. The lowest BCUT2D eigenvalue weighted by Gasteiger charge is -2.12. The minimum atomic E-state index is -0.594. The predicted molar refractivity (Wildman–Crippen MR) is 42.7 cm³/mol. The van der Waals surface area contributed by atoms with Gasteiger partial charge in [0.25, 0.3) is 0 Å². The van der Waals surface area contributed by atoms with Gasteiger partial charge < -0.3 is 5.53 Å². The molecule has 0 aliphatic carbocycles. The molecule has 1 heterocycles. The Labute approximate surface area is 73.4 Å². The average molecular weight is 174 g/mol. The van der Waals surface area contributed by atoms with Gasteiger partial charge in [0, 0.05) is 11.1 Å². The van der Waals surface area contributed by atoms with Gasteiger partial charge in [0.1, 0.15) is 0 Å². The molecule has 13 heavy (non-hydrogen) atoms. The van der Waals surface area contributed by atoms with Crippen LogP contribution in [0.5, 0.6) is 0 Å². The summed E-state index contributed by atoms with van der Waals surface area (Å²) in [6, 6.07) is 6.32. The van der Waals surface area contributed by atoms with Gasteiger partial charge in [-0.2, -0.15) is 0 Å². The van der Waals surface area contributed by atoms with Crippen molar-refractivity contribution in [3.8, 4) is 0 Å². The number of benzene rings is 1. The Morgan fingerprint density at radius 3 is 1.92 bits per heavy atom. The molecule has 0 saturated carbocycles. The third-order valence-electron chi connectivity index (χ3n) is 1.86. The molecule has 64 valence electrons. The van der Waals surface area contributed by atoms with Gasteiger partial charge in [0.05, 0.1) is 0 Å². The van der Waals surface area contributed by atoms with E-state index in [0.29, 0.717) is 5.01 Å². The molecule has 5 nitrogen and oxygen atoms in total. The SMILES string of the molecule is [N-]=NN1C(=O)c2ccccc2C1=O. The van der Waals surface area contributed by atoms with Crippen LogP contribution in [0.25, 0.3) is 5.53 Å². The van der Waals surface area contributed by atoms with Crippen LogP contribution in [-0.2, 0) is 0 Å². The van der Waals surface area contributed by atoms with Gasteiger partial charge in [0.2, 0.25) is 0 Å². The van der Waals surface area contributed by atoms with E-state index >= 15 is 0 Å². The maximum absolute atomic E-state index is 11.3. The summed E-state index contributed by atoms with van der Waals surface area (Å²) >= 11 is 0. The van der Waals surface area contributed by atoms with Crippen molar-refractivity contribution in [1.82, 2.24) is 5.01 Å². The van der Waals surface area contributed by atoms with E-state index in [1.165, 1.54) is 12.1 Å². The fourth-order valence-electron chi connectivity index (χ4n) is 1.26. The van der Waals surface area contributed by atoms with Gasteiger partial charge in [-0.1, -0.05) is 24.3 Å². The number of amides is 2. The first kappa shape index (κ1) is 7.60. The molecule has 0 unspecified atom stereocenters. The summed E-state index contributed by atoms with van der Waals surface area (Å²) in [7, 11) is 0. The molecule has 1 aromatic rings. The summed E-state index contributed by atoms with van der Waals surface area (Å²) in [5.41, 5.74) is 8.93. The smallest absolute Gasteiger partial charge is 0.198 e. The van der Waals surface area contributed by atoms with Gasteiger partial charge in [-0.15, -0.1) is 0 Å². The highest BCUT2D eigenvalue weighted by atomic mass is 16.2. The van der Waals surface area contributed by atoms with Crippen molar-refractivity contribution in [3.05, 3.63) is 40.9 Å². The average Bonchev–Trinajstić information content (AvgIpc) is 2.41. The number of fused-ring (bicyclic) bond motifs is 1. The molecule has 0 saturated heterocycles. The maximum atomic E-state index is 11.3. The second-order valence-electron chi connectivity index (χ2n) is 2.56. The van der Waals surface area contributed by atoms with Crippen LogP contribution in [0.4, 0.5) is 0 Å². The lowest BCUT2D eigenvalue weighted by atomic mass is 10.1. The molecule has 0 radical (unpaired) electrons. The van der Waals surface area contributed by atoms with Crippen LogP contribution in [0.3, 0.4) is 0 Å². The Morgan fingerprint density at radius 2 is 1.54 bits per heavy atom. The van der Waals surface area contributed by atoms with Crippen LogP contribution in [0.15, 0.2) is 29.5 Å². The van der Waals surface area contributed by atoms with Gasteiger partial charge in [-0.25, -0.2) is 0 Å². The first-order valence-electron chi connectivity index (χ1n) is 3.58. The summed E-state index contributed by atoms with van der Waals surface area (Å²) in [6.07, 6.45) is 0. The molecule has 0 N–H and O–H groups in total. The third kappa shape index (κ3) is 0.868. The predicted octanol–water partition coefficient (Wildman–Crippen LogP) is 1.22. The lowest BCUT2D eigenvalue weighted by molar-refractivity contribution is 0.0656. The Morgan fingerprint density at radius 1 is 1.08 bits per heavy atom. The second kappa shape index (κ2) is 2.48. The van der Waals surface area contributed by atoms with E-state index < -0.39 is 11.8 Å². The highest BCUT2D eigenvalue weighted by Gasteiger charge is 2.28. The lowest BCUT2D eigenvalue weighted by Crippen LogP contribution is -2.22. The van der Waals surface area contributed by atoms with Gasteiger partial charge in [-0.05, 0) is 0 Å². The minimum absolute atomic E-state index is 0.269. The van der Waals surface area contributed by atoms with Crippen molar-refractivity contribution < 1.29 is 9.59 Å². The van der Waals surface area contributed by atoms with Crippen LogP contribution in [0.2, 0.25) is 0 Å². The number of carbonyl (C=O) groups is 2. The highest BCUT2D eigenvalue weighted by Crippen LogP contribution is 2.22. The first-order valence-corrected chi connectivity index (χ1v) is 3.58. The summed E-state index contributed by atoms with van der Waals surface area (Å²) in [5, 5.41) is 3.03. The number of nitrogens with zero attached hydrogens (tertiary/aromatic N) is 3. The van der Waals surface area contributed by atoms with Crippen LogP contribution in [0.1, 0.15) is 20.7 Å². The van der Waals surface area contributed by atoms with E-state index in [0.717, 1.165) is 0 Å². The quantitative estimate of drug-likeness (QED) is 0.474. The molecule has 0 bridgehead atoms. The monoisotopic (exact) mass is 174 g/mol. The van der Waals surface area contributed by atoms with Gasteiger partial charge in [-0.3, -0.25) is 19.8 Å². The van der Waals surface area contributed by atoms with Gasteiger partial charge >= 0.3 is 0 Å². The molecule has 0 aromatic heterocycles. The van der Waals surface area contributed by atoms with E-state index in [4.69, 9.17) is 5.53 Å². The van der Waals surface area contributed by atoms with E-state index in [2.05, 4.69) is 5.22 Å². The first-order chi connectivity index (χ1) is 6.25. The molecule has 2 rings (SSSR count). The van der Waals surface area contributed by atoms with Crippen molar-refractivity contribution in [2.24, 2.45) is 5.22 Å². The normalized spacial score (nSPS) is 14.6. The molecular formula is C8H4N3O2-. The highest BCUT2D eigenvalue weighted by molar-refractivity contribution is 6.20. The van der Waals surface area contributed by atoms with E-state index in [9.17, 15) is 9.59 Å². The second-order valence-corrected chi connectivity index (χ2v) is 2.56. The molecule has 5 heteroatoms. The number of imide groups is 1. The zero-order valence-corrected chi connectivity index (χ0v) is 6.47. The summed E-state index contributed by atoms with van der Waals surface area (Å²) in [5.74, 6) is -1.19. The van der Waals surface area contributed by atoms with Crippen LogP contribution < -0.4 is 0 Å². The molecular weight excluding hydrogens is 170 g/mol. The fraction of sp³-hybridized carbons (Fsp3) is 0. The number of rotatable bonds is 1. The molecule has 1 aliphatic rings. The van der Waals surface area contributed by atoms with Crippen molar-refractivity contribution in [2.75, 3.05) is 0 Å². The van der Waals surface area contributed by atoms with E-state index in [1.807, 2.05) is 0 Å². The van der Waals surface area contributed by atoms with E-state index in [-0.39, 0.29) is 11.1 Å². The van der Waals surface area contributed by atoms with Crippen LogP contribution in [-0.4, -0.2) is 16.8 Å². The summed E-state index contributed by atoms with van der Waals surface area (Å²) in [4.78, 5) is 22.6. The summed E-state index contributed by atoms with van der Waals surface area (Å²) in [6.45, 7) is 0. The molecule has 2 amide bonds. The minimum Gasteiger partial charge on any atom is -0.361 e. The Kier molecular flexibility index (Phi) is 1.45. The molecule has 0 spiro atoms. The Balaban J connectivity index is 2.63. The van der Waals surface area contributed by atoms with Crippen molar-refractivity contribution in [3.63, 3.8) is 0 Å². The zero-order chi connectivity index (χ0) is 9.42. The number of hydrogen-bond acceptors (Lipinski definition) is 3. The van der Waals surface area contributed by atoms with Gasteiger partial charge in [0.15, 0.2) is 11.8 Å². The molecule has 1 aromatic carbocycles. The van der Waals surface area contributed by atoms with Crippen molar-refractivity contribution in [1.29, 1.82) is 0 Å². The third-order valence-corrected chi connectivity index (χ3v) is 1.86. The summed E-state index contributed by atoms with van der Waals surface area (Å²) < 4.78 is 0. The maximum Gasteiger partial charge on any atom is 0.198 e. The van der Waals surface area contributed by atoms with Crippen molar-refractivity contribution >= 4 is 11.8 Å². The largest absolute Gasteiger partial charge is 0.361 e.